The van der Waals surface area contributed by atoms with Crippen LogP contribution in [0.5, 0.6) is 0 Å². The highest BCUT2D eigenvalue weighted by Crippen LogP contribution is 2.35. The monoisotopic (exact) mass is 352 g/mol. The number of rotatable bonds is 8. The van der Waals surface area contributed by atoms with Crippen LogP contribution in [-0.2, 0) is 9.53 Å². The molecule has 1 fully saturated rings. The number of benzene rings is 2. The summed E-state index contributed by atoms with van der Waals surface area (Å²) in [6.45, 7) is 5.37. The number of hydrogen-bond acceptors (Lipinski definition) is 4. The second-order valence-electron chi connectivity index (χ2n) is 7.04. The van der Waals surface area contributed by atoms with E-state index in [0.29, 0.717) is 18.5 Å². The van der Waals surface area contributed by atoms with Gasteiger partial charge in [0.15, 0.2) is 0 Å². The molecular formula is C22H28N2O2. The highest BCUT2D eigenvalue weighted by Gasteiger charge is 2.44. The number of methoxy groups -OCH3 is 1. The van der Waals surface area contributed by atoms with Crippen molar-refractivity contribution in [2.75, 3.05) is 13.7 Å². The van der Waals surface area contributed by atoms with Crippen LogP contribution in [0.3, 0.4) is 0 Å². The van der Waals surface area contributed by atoms with E-state index in [0.717, 1.165) is 6.54 Å². The van der Waals surface area contributed by atoms with E-state index in [1.165, 1.54) is 18.2 Å². The lowest BCUT2D eigenvalue weighted by Gasteiger charge is -2.24. The fourth-order valence-electron chi connectivity index (χ4n) is 3.62. The molecule has 26 heavy (non-hydrogen) atoms. The first-order valence-corrected chi connectivity index (χ1v) is 9.28. The SMILES string of the molecule is COC(=O)C[C@@H](N[C@H](C)c1ccccc1)[C@@H]1CN1[C@H](C)c1ccccc1. The third-order valence-corrected chi connectivity index (χ3v) is 5.31. The Hall–Kier alpha value is -2.17. The number of nitrogens with one attached hydrogen (secondary N) is 1. The van der Waals surface area contributed by atoms with Gasteiger partial charge in [0.25, 0.3) is 0 Å². The molecule has 0 saturated carbocycles. The van der Waals surface area contributed by atoms with E-state index >= 15 is 0 Å². The smallest absolute Gasteiger partial charge is 0.307 e. The first kappa shape index (κ1) is 18.6. The van der Waals surface area contributed by atoms with E-state index in [4.69, 9.17) is 4.74 Å². The van der Waals surface area contributed by atoms with E-state index in [2.05, 4.69) is 60.5 Å². The highest BCUT2D eigenvalue weighted by atomic mass is 16.5. The molecular weight excluding hydrogens is 324 g/mol. The minimum absolute atomic E-state index is 0.0730. The summed E-state index contributed by atoms with van der Waals surface area (Å²) in [7, 11) is 1.46. The zero-order chi connectivity index (χ0) is 18.5. The lowest BCUT2D eigenvalue weighted by Crippen LogP contribution is -2.39. The second-order valence-corrected chi connectivity index (χ2v) is 7.04. The zero-order valence-electron chi connectivity index (χ0n) is 15.8. The third-order valence-electron chi connectivity index (χ3n) is 5.31. The van der Waals surface area contributed by atoms with Crippen LogP contribution in [0, 0.1) is 0 Å². The average molecular weight is 352 g/mol. The maximum atomic E-state index is 11.9. The molecule has 1 unspecified atom stereocenters. The number of esters is 1. The third kappa shape index (κ3) is 4.51. The van der Waals surface area contributed by atoms with E-state index in [-0.39, 0.29) is 18.1 Å². The molecule has 1 saturated heterocycles. The van der Waals surface area contributed by atoms with Gasteiger partial charge in [-0.25, -0.2) is 0 Å². The Balaban J connectivity index is 1.68. The van der Waals surface area contributed by atoms with Gasteiger partial charge < -0.3 is 10.1 Å². The summed E-state index contributed by atoms with van der Waals surface area (Å²) in [5.74, 6) is -0.165. The van der Waals surface area contributed by atoms with Gasteiger partial charge in [-0.05, 0) is 25.0 Å². The number of nitrogens with zero attached hydrogens (tertiary/aromatic N) is 1. The summed E-state index contributed by atoms with van der Waals surface area (Å²) in [5, 5.41) is 3.65. The van der Waals surface area contributed by atoms with Crippen LogP contribution < -0.4 is 5.32 Å². The Kier molecular flexibility index (Phi) is 6.07. The van der Waals surface area contributed by atoms with Gasteiger partial charge in [0.05, 0.1) is 13.5 Å². The van der Waals surface area contributed by atoms with Gasteiger partial charge in [-0.2, -0.15) is 0 Å². The summed E-state index contributed by atoms with van der Waals surface area (Å²) < 4.78 is 4.93. The molecule has 1 aliphatic heterocycles. The molecule has 3 rings (SSSR count). The van der Waals surface area contributed by atoms with E-state index in [9.17, 15) is 4.79 Å². The second kappa shape index (κ2) is 8.47. The fourth-order valence-corrected chi connectivity index (χ4v) is 3.62. The topological polar surface area (TPSA) is 41.3 Å². The summed E-state index contributed by atoms with van der Waals surface area (Å²) in [6, 6.07) is 21.8. The maximum absolute atomic E-state index is 11.9. The van der Waals surface area contributed by atoms with Crippen LogP contribution in [0.4, 0.5) is 0 Å². The molecule has 1 heterocycles. The Morgan fingerprint density at radius 3 is 2.23 bits per heavy atom. The first-order chi connectivity index (χ1) is 12.6. The number of hydrogen-bond donors (Lipinski definition) is 1. The molecule has 4 nitrogen and oxygen atoms in total. The van der Waals surface area contributed by atoms with Crippen molar-refractivity contribution in [3.63, 3.8) is 0 Å². The molecule has 1 aliphatic rings. The van der Waals surface area contributed by atoms with Crippen molar-refractivity contribution in [1.82, 2.24) is 10.2 Å². The number of carbonyl (C=O) groups excluding carboxylic acids is 1. The molecule has 0 radical (unpaired) electrons. The quantitative estimate of drug-likeness (QED) is 0.581. The van der Waals surface area contributed by atoms with E-state index in [1.807, 2.05) is 24.3 Å². The molecule has 0 aromatic heterocycles. The molecule has 1 N–H and O–H groups in total. The Labute approximate surface area is 156 Å². The summed E-state index contributed by atoms with van der Waals surface area (Å²) in [5.41, 5.74) is 2.54. The van der Waals surface area contributed by atoms with E-state index < -0.39 is 0 Å². The first-order valence-electron chi connectivity index (χ1n) is 9.28. The Morgan fingerprint density at radius 2 is 1.65 bits per heavy atom. The van der Waals surface area contributed by atoms with Crippen LogP contribution >= 0.6 is 0 Å². The number of ether oxygens (including phenoxy) is 1. The normalized spacial score (nSPS) is 22.3. The lowest BCUT2D eigenvalue weighted by atomic mass is 10.0. The maximum Gasteiger partial charge on any atom is 0.307 e. The standard InChI is InChI=1S/C22H28N2O2/c1-16(18-10-6-4-7-11-18)23-20(14-22(25)26-3)21-15-24(21)17(2)19-12-8-5-9-13-19/h4-13,16-17,20-21,23H,14-15H2,1-3H3/t16-,17-,20-,21+,24?/m1/s1. The predicted octanol–water partition coefficient (Wildman–Crippen LogP) is 3.71. The van der Waals surface area contributed by atoms with Crippen LogP contribution in [0.1, 0.15) is 43.5 Å². The highest BCUT2D eigenvalue weighted by molar-refractivity contribution is 5.70. The lowest BCUT2D eigenvalue weighted by molar-refractivity contribution is -0.141. The summed E-state index contributed by atoms with van der Waals surface area (Å²) in [4.78, 5) is 14.4. The van der Waals surface area contributed by atoms with Crippen molar-refractivity contribution in [1.29, 1.82) is 0 Å². The van der Waals surface area contributed by atoms with Gasteiger partial charge in [0.2, 0.25) is 0 Å². The van der Waals surface area contributed by atoms with Crippen LogP contribution in [0.25, 0.3) is 0 Å². The summed E-state index contributed by atoms with van der Waals surface area (Å²) >= 11 is 0. The van der Waals surface area contributed by atoms with Crippen LogP contribution in [-0.4, -0.2) is 36.6 Å². The Morgan fingerprint density at radius 1 is 1.08 bits per heavy atom. The van der Waals surface area contributed by atoms with E-state index in [1.54, 1.807) is 0 Å². The molecule has 0 amide bonds. The van der Waals surface area contributed by atoms with Crippen molar-refractivity contribution in [2.24, 2.45) is 0 Å². The van der Waals surface area contributed by atoms with Crippen molar-refractivity contribution in [2.45, 2.75) is 44.4 Å². The average Bonchev–Trinajstić information content (AvgIpc) is 3.49. The summed E-state index contributed by atoms with van der Waals surface area (Å²) in [6.07, 6.45) is 0.385. The van der Waals surface area contributed by atoms with Gasteiger partial charge >= 0.3 is 5.97 Å². The molecule has 5 atom stereocenters. The number of carbonyl (C=O) groups is 1. The fraction of sp³-hybridized carbons (Fsp3) is 0.409. The van der Waals surface area contributed by atoms with Crippen molar-refractivity contribution in [3.05, 3.63) is 71.8 Å². The van der Waals surface area contributed by atoms with Gasteiger partial charge in [0, 0.05) is 30.7 Å². The molecule has 0 bridgehead atoms. The van der Waals surface area contributed by atoms with Crippen molar-refractivity contribution >= 4 is 5.97 Å². The van der Waals surface area contributed by atoms with Crippen LogP contribution in [0.15, 0.2) is 60.7 Å². The zero-order valence-corrected chi connectivity index (χ0v) is 15.8. The molecule has 0 aliphatic carbocycles. The van der Waals surface area contributed by atoms with Crippen LogP contribution in [0.2, 0.25) is 0 Å². The van der Waals surface area contributed by atoms with Gasteiger partial charge in [0.1, 0.15) is 0 Å². The predicted molar refractivity (Wildman–Crippen MR) is 104 cm³/mol. The van der Waals surface area contributed by atoms with Crippen molar-refractivity contribution in [3.8, 4) is 0 Å². The van der Waals surface area contributed by atoms with Gasteiger partial charge in [-0.1, -0.05) is 60.7 Å². The minimum Gasteiger partial charge on any atom is -0.469 e. The molecule has 138 valence electrons. The Bertz CT molecular complexity index is 705. The molecule has 2 aromatic rings. The minimum atomic E-state index is -0.165. The van der Waals surface area contributed by atoms with Gasteiger partial charge in [-0.15, -0.1) is 0 Å². The molecule has 4 heteroatoms. The van der Waals surface area contributed by atoms with Gasteiger partial charge in [-0.3, -0.25) is 9.69 Å². The largest absolute Gasteiger partial charge is 0.469 e. The van der Waals surface area contributed by atoms with Crippen molar-refractivity contribution < 1.29 is 9.53 Å². The molecule has 2 aromatic carbocycles. The molecule has 0 spiro atoms.